The Labute approximate surface area is 181 Å². The highest BCUT2D eigenvalue weighted by molar-refractivity contribution is 8.55. The summed E-state index contributed by atoms with van der Waals surface area (Å²) in [6, 6.07) is 0. The minimum Gasteiger partial charge on any atom is -0.464 e. The number of nitrogens with zero attached hydrogens (tertiary/aromatic N) is 2. The molecular weight excluding hydrogens is 411 g/mol. The van der Waals surface area contributed by atoms with Gasteiger partial charge in [0.15, 0.2) is 0 Å². The molecule has 0 radical (unpaired) electrons. The zero-order valence-electron chi connectivity index (χ0n) is 19.4. The first kappa shape index (κ1) is 26.9. The maximum atomic E-state index is 12.9. The first-order valence-electron chi connectivity index (χ1n) is 10.5. The summed E-state index contributed by atoms with van der Waals surface area (Å²) in [6.07, 6.45) is 1.52. The molecule has 0 N–H and O–H groups in total. The fourth-order valence-electron chi connectivity index (χ4n) is 2.72. The van der Waals surface area contributed by atoms with Crippen LogP contribution in [0.3, 0.4) is 0 Å². The van der Waals surface area contributed by atoms with Gasteiger partial charge in [0.05, 0.1) is 17.6 Å². The number of hydrogen-bond acceptors (Lipinski definition) is 8. The van der Waals surface area contributed by atoms with Crippen molar-refractivity contribution < 1.29 is 23.1 Å². The molecule has 1 atom stereocenters. The van der Waals surface area contributed by atoms with Crippen molar-refractivity contribution in [2.75, 3.05) is 58.7 Å². The van der Waals surface area contributed by atoms with Gasteiger partial charge in [-0.05, 0) is 72.4 Å². The average molecular weight is 453 g/mol. The molecule has 0 aliphatic carbocycles. The van der Waals surface area contributed by atoms with E-state index in [1.54, 1.807) is 0 Å². The molecule has 0 amide bonds. The third-order valence-electron chi connectivity index (χ3n) is 4.61. The molecule has 0 saturated carbocycles. The highest BCUT2D eigenvalue weighted by Gasteiger charge is 2.33. The van der Waals surface area contributed by atoms with Crippen molar-refractivity contribution in [3.8, 4) is 0 Å². The number of carbonyl (C=O) groups is 1. The van der Waals surface area contributed by atoms with E-state index < -0.39 is 17.8 Å². The number of likely N-dealkylation sites (N-methyl/N-ethyl adjacent to an activating group) is 1. The number of hydrogen-bond donors (Lipinski definition) is 0. The second-order valence-corrected chi connectivity index (χ2v) is 13.3. The summed E-state index contributed by atoms with van der Waals surface area (Å²) < 4.78 is 29.5. The van der Waals surface area contributed by atoms with E-state index in [4.69, 9.17) is 13.8 Å². The van der Waals surface area contributed by atoms with Gasteiger partial charge in [-0.2, -0.15) is 0 Å². The van der Waals surface area contributed by atoms with Gasteiger partial charge in [0.2, 0.25) is 0 Å². The smallest absolute Gasteiger partial charge is 0.389 e. The Hall–Kier alpha value is -0.110. The van der Waals surface area contributed by atoms with Crippen molar-refractivity contribution in [1.29, 1.82) is 0 Å². The molecule has 29 heavy (non-hydrogen) atoms. The van der Waals surface area contributed by atoms with E-state index in [9.17, 15) is 9.36 Å². The Morgan fingerprint density at radius 3 is 2.24 bits per heavy atom. The molecule has 1 aliphatic heterocycles. The van der Waals surface area contributed by atoms with Crippen molar-refractivity contribution in [2.24, 2.45) is 5.41 Å². The summed E-state index contributed by atoms with van der Waals surface area (Å²) in [7, 11) is 2.13. The topological polar surface area (TPSA) is 68.3 Å². The summed E-state index contributed by atoms with van der Waals surface area (Å²) in [5, 5.41) is 0. The van der Waals surface area contributed by atoms with Gasteiger partial charge in [-0.1, -0.05) is 6.92 Å². The molecule has 1 saturated heterocycles. The Morgan fingerprint density at radius 2 is 1.69 bits per heavy atom. The van der Waals surface area contributed by atoms with Crippen molar-refractivity contribution in [2.45, 2.75) is 60.0 Å². The van der Waals surface area contributed by atoms with Crippen LogP contribution in [0.25, 0.3) is 0 Å². The van der Waals surface area contributed by atoms with Crippen LogP contribution in [0.5, 0.6) is 0 Å². The number of esters is 1. The van der Waals surface area contributed by atoms with E-state index in [1.807, 2.05) is 41.5 Å². The molecule has 1 fully saturated rings. The molecular formula is C20H41N2O5PS. The van der Waals surface area contributed by atoms with Crippen molar-refractivity contribution in [3.63, 3.8) is 0 Å². The molecule has 0 spiro atoms. The third-order valence-corrected chi connectivity index (χ3v) is 8.58. The lowest BCUT2D eigenvalue weighted by molar-refractivity contribution is -0.153. The number of ether oxygens (including phenoxy) is 1. The minimum absolute atomic E-state index is 0.189. The second-order valence-electron chi connectivity index (χ2n) is 9.23. The van der Waals surface area contributed by atoms with Gasteiger partial charge >= 0.3 is 12.8 Å². The van der Waals surface area contributed by atoms with Crippen LogP contribution >= 0.6 is 18.2 Å². The first-order valence-corrected chi connectivity index (χ1v) is 13.7. The van der Waals surface area contributed by atoms with E-state index >= 15 is 0 Å². The summed E-state index contributed by atoms with van der Waals surface area (Å²) in [6.45, 7) is 13.7. The van der Waals surface area contributed by atoms with Crippen molar-refractivity contribution in [1.82, 2.24) is 9.80 Å². The number of piperazine rings is 1. The molecule has 0 aromatic rings. The first-order chi connectivity index (χ1) is 13.4. The summed E-state index contributed by atoms with van der Waals surface area (Å²) in [4.78, 5) is 17.2. The van der Waals surface area contributed by atoms with E-state index in [1.165, 1.54) is 0 Å². The standard InChI is InChI=1S/C20H41N2O5PS/c1-8-15-26-28(24,27-19(2,3)4)29-17-16-25-18(23)20(5,6)9-10-22-13-11-21(7)12-14-22/h8-17H2,1-7H3. The van der Waals surface area contributed by atoms with Gasteiger partial charge in [0.25, 0.3) is 0 Å². The van der Waals surface area contributed by atoms with Gasteiger partial charge in [0.1, 0.15) is 6.61 Å². The molecule has 1 heterocycles. The van der Waals surface area contributed by atoms with Crippen LogP contribution < -0.4 is 0 Å². The largest absolute Gasteiger partial charge is 0.464 e. The SMILES string of the molecule is CCCOP(=O)(OC(C)(C)C)SCCOC(=O)C(C)(C)CCN1CCN(C)CC1. The van der Waals surface area contributed by atoms with Crippen LogP contribution in [0.2, 0.25) is 0 Å². The van der Waals surface area contributed by atoms with Crippen LogP contribution in [0, 0.1) is 5.41 Å². The van der Waals surface area contributed by atoms with Gasteiger partial charge in [0, 0.05) is 31.9 Å². The Balaban J connectivity index is 2.40. The maximum Gasteiger partial charge on any atom is 0.389 e. The maximum absolute atomic E-state index is 12.9. The fraction of sp³-hybridized carbons (Fsp3) is 0.950. The molecule has 1 rings (SSSR count). The lowest BCUT2D eigenvalue weighted by Crippen LogP contribution is -2.45. The lowest BCUT2D eigenvalue weighted by atomic mass is 9.89. The highest BCUT2D eigenvalue weighted by Crippen LogP contribution is 2.62. The van der Waals surface area contributed by atoms with E-state index in [0.717, 1.165) is 56.9 Å². The van der Waals surface area contributed by atoms with Gasteiger partial charge in [-0.3, -0.25) is 9.32 Å². The molecule has 1 aliphatic rings. The van der Waals surface area contributed by atoms with Gasteiger partial charge in [-0.15, -0.1) is 0 Å². The second kappa shape index (κ2) is 12.1. The van der Waals surface area contributed by atoms with Crippen molar-refractivity contribution >= 4 is 24.1 Å². The monoisotopic (exact) mass is 452 g/mol. The third kappa shape index (κ3) is 11.2. The Bertz CT molecular complexity index is 545. The van der Waals surface area contributed by atoms with Gasteiger partial charge < -0.3 is 19.1 Å². The molecule has 172 valence electrons. The zero-order valence-corrected chi connectivity index (χ0v) is 21.1. The van der Waals surface area contributed by atoms with Crippen LogP contribution in [0.1, 0.15) is 54.4 Å². The van der Waals surface area contributed by atoms with Crippen LogP contribution in [-0.2, 0) is 23.1 Å². The quantitative estimate of drug-likeness (QED) is 0.247. The van der Waals surface area contributed by atoms with Crippen LogP contribution in [0.4, 0.5) is 0 Å². The van der Waals surface area contributed by atoms with Crippen LogP contribution in [0.15, 0.2) is 0 Å². The molecule has 0 aromatic heterocycles. The molecule has 0 bridgehead atoms. The molecule has 0 aromatic carbocycles. The predicted molar refractivity (Wildman–Crippen MR) is 120 cm³/mol. The average Bonchev–Trinajstić information content (AvgIpc) is 2.61. The Kier molecular flexibility index (Phi) is 11.2. The van der Waals surface area contributed by atoms with E-state index in [-0.39, 0.29) is 12.6 Å². The van der Waals surface area contributed by atoms with E-state index in [2.05, 4.69) is 16.8 Å². The van der Waals surface area contributed by atoms with Crippen LogP contribution in [-0.4, -0.2) is 80.1 Å². The predicted octanol–water partition coefficient (Wildman–Crippen LogP) is 4.28. The Morgan fingerprint density at radius 1 is 1.07 bits per heavy atom. The van der Waals surface area contributed by atoms with E-state index in [0.29, 0.717) is 12.4 Å². The van der Waals surface area contributed by atoms with Gasteiger partial charge in [-0.25, -0.2) is 4.57 Å². The summed E-state index contributed by atoms with van der Waals surface area (Å²) >= 11 is 1.10. The zero-order chi connectivity index (χ0) is 22.1. The highest BCUT2D eigenvalue weighted by atomic mass is 32.7. The number of carbonyl (C=O) groups excluding carboxylic acids is 1. The minimum atomic E-state index is -3.28. The summed E-state index contributed by atoms with van der Waals surface area (Å²) in [5.41, 5.74) is -1.11. The fourth-order valence-corrected chi connectivity index (χ4v) is 6.53. The molecule has 9 heteroatoms. The normalized spacial score (nSPS) is 19.1. The molecule has 1 unspecified atom stereocenters. The van der Waals surface area contributed by atoms with Crippen molar-refractivity contribution in [3.05, 3.63) is 0 Å². The molecule has 7 nitrogen and oxygen atoms in total. The number of rotatable bonds is 12. The lowest BCUT2D eigenvalue weighted by Gasteiger charge is -2.34. The summed E-state index contributed by atoms with van der Waals surface area (Å²) in [5.74, 6) is 0.158.